The fourth-order valence-corrected chi connectivity index (χ4v) is 0.430. The Hall–Kier alpha value is -1.19. The summed E-state index contributed by atoms with van der Waals surface area (Å²) in [7, 11) is 0. The molecule has 1 atom stereocenters. The van der Waals surface area contributed by atoms with Gasteiger partial charge in [0, 0.05) is 6.20 Å². The molecule has 2 N–H and O–H groups in total. The molecule has 0 aromatic carbocycles. The van der Waals surface area contributed by atoms with Crippen molar-refractivity contribution >= 4 is 6.34 Å². The van der Waals surface area contributed by atoms with Gasteiger partial charge < -0.3 is 5.32 Å². The molecule has 0 aliphatic carbocycles. The van der Waals surface area contributed by atoms with Crippen LogP contribution in [0.5, 0.6) is 0 Å². The Balaban J connectivity index is 2.51. The first kappa shape index (κ1) is 4.96. The molecule has 0 spiro atoms. The monoisotopic (exact) mass is 110 g/mol. The van der Waals surface area contributed by atoms with Crippen molar-refractivity contribution in [1.82, 2.24) is 5.32 Å². The molecule has 0 radical (unpaired) electrons. The number of hydrogen-bond acceptors (Lipinski definition) is 4. The first-order valence-corrected chi connectivity index (χ1v) is 2.24. The van der Waals surface area contributed by atoms with E-state index in [1.54, 1.807) is 12.3 Å². The van der Waals surface area contributed by atoms with Gasteiger partial charge in [0.2, 0.25) is 0 Å². The maximum atomic E-state index is 6.55. The van der Waals surface area contributed by atoms with E-state index in [0.29, 0.717) is 0 Å². The Morgan fingerprint density at radius 3 is 3.00 bits per heavy atom. The fraction of sp³-hybridized carbons (Fsp3) is 0.250. The lowest BCUT2D eigenvalue weighted by Crippen LogP contribution is -2.24. The zero-order chi connectivity index (χ0) is 5.82. The second-order valence-electron chi connectivity index (χ2n) is 1.36. The van der Waals surface area contributed by atoms with E-state index < -0.39 is 0 Å². The van der Waals surface area contributed by atoms with E-state index in [9.17, 15) is 0 Å². The smallest absolute Gasteiger partial charge is 0.160 e. The van der Waals surface area contributed by atoms with Crippen molar-refractivity contribution in [2.45, 2.75) is 6.17 Å². The van der Waals surface area contributed by atoms with E-state index in [4.69, 9.17) is 5.53 Å². The summed E-state index contributed by atoms with van der Waals surface area (Å²) in [5, 5.41) is 5.94. The average Bonchev–Trinajstić information content (AvgIpc) is 1.90. The molecular weight excluding hydrogens is 104 g/mol. The summed E-state index contributed by atoms with van der Waals surface area (Å²) in [6.45, 7) is 0. The molecular formula is C4H6N4. The van der Waals surface area contributed by atoms with Gasteiger partial charge in [-0.25, -0.2) is 10.5 Å². The van der Waals surface area contributed by atoms with Crippen molar-refractivity contribution in [2.24, 2.45) is 10.1 Å². The van der Waals surface area contributed by atoms with Crippen LogP contribution in [0.25, 0.3) is 0 Å². The van der Waals surface area contributed by atoms with Crippen molar-refractivity contribution in [3.8, 4) is 0 Å². The van der Waals surface area contributed by atoms with E-state index >= 15 is 0 Å². The lowest BCUT2D eigenvalue weighted by Gasteiger charge is -2.05. The van der Waals surface area contributed by atoms with Gasteiger partial charge in [0.1, 0.15) is 0 Å². The van der Waals surface area contributed by atoms with Crippen LogP contribution in [0.2, 0.25) is 0 Å². The van der Waals surface area contributed by atoms with Crippen LogP contribution in [0.15, 0.2) is 22.4 Å². The quantitative estimate of drug-likeness (QED) is 0.474. The minimum Gasteiger partial charge on any atom is -0.350 e. The van der Waals surface area contributed by atoms with Crippen LogP contribution in [-0.2, 0) is 0 Å². The Kier molecular flexibility index (Phi) is 1.37. The number of hydrogen-bond donors (Lipinski definition) is 2. The molecule has 1 aliphatic heterocycles. The predicted molar refractivity (Wildman–Crippen MR) is 29.7 cm³/mol. The first-order chi connectivity index (χ1) is 3.93. The highest BCUT2D eigenvalue weighted by Crippen LogP contribution is 1.90. The van der Waals surface area contributed by atoms with E-state index in [2.05, 4.69) is 15.4 Å². The van der Waals surface area contributed by atoms with Gasteiger partial charge in [-0.3, -0.25) is 0 Å². The lowest BCUT2D eigenvalue weighted by molar-refractivity contribution is 0.703. The third kappa shape index (κ3) is 0.900. The van der Waals surface area contributed by atoms with Gasteiger partial charge in [-0.1, -0.05) is 0 Å². The standard InChI is InChI=1S/C4H6N4/c5-8-4-1-2-6-3-7-4/h1-5H,(H,6,7). The van der Waals surface area contributed by atoms with E-state index in [1.807, 2.05) is 0 Å². The summed E-state index contributed by atoms with van der Waals surface area (Å²) in [5.41, 5.74) is 6.55. The van der Waals surface area contributed by atoms with Crippen LogP contribution >= 0.6 is 0 Å². The second kappa shape index (κ2) is 2.20. The maximum absolute atomic E-state index is 6.55. The topological polar surface area (TPSA) is 60.6 Å². The zero-order valence-electron chi connectivity index (χ0n) is 4.20. The molecule has 0 bridgehead atoms. The second-order valence-corrected chi connectivity index (χ2v) is 1.36. The molecule has 1 heterocycles. The molecule has 1 rings (SSSR count). The SMILES string of the molecule is N=NC1C=CN=CN1. The number of rotatable bonds is 1. The maximum Gasteiger partial charge on any atom is 0.160 e. The Morgan fingerprint density at radius 2 is 2.62 bits per heavy atom. The summed E-state index contributed by atoms with van der Waals surface area (Å²) in [4.78, 5) is 3.72. The highest BCUT2D eigenvalue weighted by atomic mass is 15.2. The van der Waals surface area contributed by atoms with Crippen LogP contribution in [0.1, 0.15) is 0 Å². The summed E-state index contributed by atoms with van der Waals surface area (Å²) in [6, 6.07) is 0. The molecule has 1 unspecified atom stereocenters. The molecule has 0 fully saturated rings. The Labute approximate surface area is 46.8 Å². The van der Waals surface area contributed by atoms with Crippen LogP contribution in [-0.4, -0.2) is 12.5 Å². The van der Waals surface area contributed by atoms with Crippen LogP contribution in [0.3, 0.4) is 0 Å². The molecule has 4 nitrogen and oxygen atoms in total. The predicted octanol–water partition coefficient (Wildman–Crippen LogP) is 0.489. The number of aliphatic imine (C=N–C) groups is 1. The van der Waals surface area contributed by atoms with Crippen LogP contribution in [0, 0.1) is 5.53 Å². The van der Waals surface area contributed by atoms with Gasteiger partial charge in [-0.15, -0.1) is 0 Å². The van der Waals surface area contributed by atoms with Crippen molar-refractivity contribution in [2.75, 3.05) is 0 Å². The number of nitrogens with one attached hydrogen (secondary N) is 2. The molecule has 8 heavy (non-hydrogen) atoms. The van der Waals surface area contributed by atoms with Crippen molar-refractivity contribution in [3.63, 3.8) is 0 Å². The average molecular weight is 110 g/mol. The molecule has 0 saturated heterocycles. The van der Waals surface area contributed by atoms with E-state index in [1.165, 1.54) is 6.34 Å². The first-order valence-electron chi connectivity index (χ1n) is 2.24. The van der Waals surface area contributed by atoms with Gasteiger partial charge in [0.25, 0.3) is 0 Å². The van der Waals surface area contributed by atoms with Crippen LogP contribution in [0.4, 0.5) is 0 Å². The van der Waals surface area contributed by atoms with Gasteiger partial charge in [-0.2, -0.15) is 5.11 Å². The lowest BCUT2D eigenvalue weighted by atomic mass is 10.5. The van der Waals surface area contributed by atoms with E-state index in [-0.39, 0.29) is 6.17 Å². The van der Waals surface area contributed by atoms with Crippen molar-refractivity contribution in [1.29, 1.82) is 5.53 Å². The Morgan fingerprint density at radius 1 is 1.75 bits per heavy atom. The molecule has 4 heteroatoms. The third-order valence-electron chi connectivity index (χ3n) is 0.813. The van der Waals surface area contributed by atoms with E-state index in [0.717, 1.165) is 0 Å². The van der Waals surface area contributed by atoms with Gasteiger partial charge in [0.15, 0.2) is 6.17 Å². The molecule has 0 aromatic heterocycles. The van der Waals surface area contributed by atoms with Gasteiger partial charge in [-0.05, 0) is 6.08 Å². The summed E-state index contributed by atoms with van der Waals surface area (Å²) in [6.07, 6.45) is 4.63. The largest absolute Gasteiger partial charge is 0.350 e. The summed E-state index contributed by atoms with van der Waals surface area (Å²) < 4.78 is 0. The Bertz CT molecular complexity index is 137. The molecule has 42 valence electrons. The van der Waals surface area contributed by atoms with Crippen LogP contribution < -0.4 is 5.32 Å². The third-order valence-corrected chi connectivity index (χ3v) is 0.813. The zero-order valence-corrected chi connectivity index (χ0v) is 4.20. The minimum atomic E-state index is -0.201. The molecule has 0 saturated carbocycles. The van der Waals surface area contributed by atoms with Crippen molar-refractivity contribution in [3.05, 3.63) is 12.3 Å². The van der Waals surface area contributed by atoms with Gasteiger partial charge >= 0.3 is 0 Å². The fourth-order valence-electron chi connectivity index (χ4n) is 0.430. The highest BCUT2D eigenvalue weighted by molar-refractivity contribution is 5.57. The minimum absolute atomic E-state index is 0.201. The normalized spacial score (nSPS) is 24.8. The van der Waals surface area contributed by atoms with Gasteiger partial charge in [0.05, 0.1) is 6.34 Å². The molecule has 0 amide bonds. The van der Waals surface area contributed by atoms with Crippen molar-refractivity contribution < 1.29 is 0 Å². The molecule has 1 aliphatic rings. The molecule has 0 aromatic rings. The summed E-state index contributed by atoms with van der Waals surface area (Å²) >= 11 is 0. The summed E-state index contributed by atoms with van der Waals surface area (Å²) in [5.74, 6) is 0. The highest BCUT2D eigenvalue weighted by Gasteiger charge is 1.97. The number of nitrogens with zero attached hydrogens (tertiary/aromatic N) is 2.